The molecule has 11 heavy (non-hydrogen) atoms. The predicted octanol–water partition coefficient (Wildman–Crippen LogP) is 1.27. The number of nitrogens with two attached hydrogens (primary N) is 1. The molecule has 0 aliphatic heterocycles. The molecule has 3 heteroatoms. The van der Waals surface area contributed by atoms with E-state index in [2.05, 4.69) is 31.8 Å². The van der Waals surface area contributed by atoms with Crippen molar-refractivity contribution in [2.75, 3.05) is 25.4 Å². The summed E-state index contributed by atoms with van der Waals surface area (Å²) in [7, 11) is 0. The smallest absolute Gasteiger partial charge is 0.00744 e. The fraction of sp³-hybridized carbons (Fsp3) is 1.00. The van der Waals surface area contributed by atoms with E-state index in [1.165, 1.54) is 12.8 Å². The van der Waals surface area contributed by atoms with Crippen LogP contribution in [0.1, 0.15) is 26.7 Å². The van der Waals surface area contributed by atoms with Gasteiger partial charge in [-0.05, 0) is 25.1 Å². The molecule has 0 heterocycles. The summed E-state index contributed by atoms with van der Waals surface area (Å²) in [6, 6.07) is 0. The van der Waals surface area contributed by atoms with Crippen LogP contribution in [0.3, 0.4) is 0 Å². The summed E-state index contributed by atoms with van der Waals surface area (Å²) >= 11 is 3.92. The minimum atomic E-state index is 0.750. The first-order chi connectivity index (χ1) is 5.33. The van der Waals surface area contributed by atoms with Crippen molar-refractivity contribution in [3.63, 3.8) is 0 Å². The molecule has 70 valence electrons. The van der Waals surface area contributed by atoms with Gasteiger partial charge in [0.15, 0.2) is 0 Å². The topological polar surface area (TPSA) is 38.0 Å². The van der Waals surface area contributed by atoms with Gasteiger partial charge in [0, 0.05) is 13.1 Å². The second-order valence-electron chi connectivity index (χ2n) is 2.26. The number of hydrogen-bond donors (Lipinski definition) is 3. The van der Waals surface area contributed by atoms with Crippen LogP contribution in [0.4, 0.5) is 0 Å². The van der Waals surface area contributed by atoms with Crippen LogP contribution in [-0.4, -0.2) is 25.4 Å². The molecule has 0 unspecified atom stereocenters. The average molecular weight is 178 g/mol. The maximum absolute atomic E-state index is 5.21. The SMILES string of the molecule is CCCNCCN.CCCS. The third kappa shape index (κ3) is 25.3. The highest BCUT2D eigenvalue weighted by atomic mass is 32.1. The van der Waals surface area contributed by atoms with Crippen LogP contribution in [0, 0.1) is 0 Å². The Morgan fingerprint density at radius 3 is 2.00 bits per heavy atom. The van der Waals surface area contributed by atoms with E-state index in [0.29, 0.717) is 0 Å². The van der Waals surface area contributed by atoms with Crippen LogP contribution in [0.15, 0.2) is 0 Å². The molecule has 0 amide bonds. The van der Waals surface area contributed by atoms with E-state index in [4.69, 9.17) is 5.73 Å². The molecular formula is C8H22N2S. The summed E-state index contributed by atoms with van der Waals surface area (Å²) in [5.74, 6) is 1.01. The molecule has 0 spiro atoms. The molecule has 0 aliphatic rings. The second-order valence-corrected chi connectivity index (χ2v) is 2.71. The first-order valence-electron chi connectivity index (χ1n) is 4.35. The standard InChI is InChI=1S/C5H14N2.C3H8S/c1-2-4-7-5-3-6;1-2-3-4/h7H,2-6H2,1H3;4H,2-3H2,1H3. The molecule has 0 bridgehead atoms. The zero-order chi connectivity index (χ0) is 8.95. The van der Waals surface area contributed by atoms with Gasteiger partial charge in [0.1, 0.15) is 0 Å². The fourth-order valence-electron chi connectivity index (χ4n) is 0.404. The zero-order valence-corrected chi connectivity index (χ0v) is 8.66. The molecule has 0 radical (unpaired) electrons. The van der Waals surface area contributed by atoms with Crippen molar-refractivity contribution in [3.8, 4) is 0 Å². The minimum Gasteiger partial charge on any atom is -0.329 e. The molecule has 0 rings (SSSR count). The van der Waals surface area contributed by atoms with E-state index >= 15 is 0 Å². The van der Waals surface area contributed by atoms with E-state index < -0.39 is 0 Å². The number of thiol groups is 1. The molecule has 2 nitrogen and oxygen atoms in total. The van der Waals surface area contributed by atoms with Crippen LogP contribution >= 0.6 is 12.6 Å². The lowest BCUT2D eigenvalue weighted by molar-refractivity contribution is 0.678. The minimum absolute atomic E-state index is 0.750. The van der Waals surface area contributed by atoms with Gasteiger partial charge >= 0.3 is 0 Å². The van der Waals surface area contributed by atoms with E-state index in [1.807, 2.05) is 0 Å². The third-order valence-corrected chi connectivity index (χ3v) is 1.42. The Balaban J connectivity index is 0. The van der Waals surface area contributed by atoms with Crippen LogP contribution in [0.5, 0.6) is 0 Å². The largest absolute Gasteiger partial charge is 0.329 e. The molecule has 0 atom stereocenters. The van der Waals surface area contributed by atoms with Crippen molar-refractivity contribution >= 4 is 12.6 Å². The monoisotopic (exact) mass is 178 g/mol. The van der Waals surface area contributed by atoms with Crippen molar-refractivity contribution < 1.29 is 0 Å². The highest BCUT2D eigenvalue weighted by Gasteiger charge is 1.76. The van der Waals surface area contributed by atoms with E-state index in [0.717, 1.165) is 25.4 Å². The Kier molecular flexibility index (Phi) is 21.0. The molecule has 0 saturated heterocycles. The molecule has 0 aromatic carbocycles. The second kappa shape index (κ2) is 16.7. The van der Waals surface area contributed by atoms with Gasteiger partial charge in [0.2, 0.25) is 0 Å². The van der Waals surface area contributed by atoms with Gasteiger partial charge in [-0.3, -0.25) is 0 Å². The summed E-state index contributed by atoms with van der Waals surface area (Å²) in [5.41, 5.74) is 5.21. The lowest BCUT2D eigenvalue weighted by Crippen LogP contribution is -2.22. The first kappa shape index (κ1) is 13.8. The molecule has 0 aliphatic carbocycles. The van der Waals surface area contributed by atoms with Gasteiger partial charge in [0.25, 0.3) is 0 Å². The predicted molar refractivity (Wildman–Crippen MR) is 56.4 cm³/mol. The summed E-state index contributed by atoms with van der Waals surface area (Å²) in [4.78, 5) is 0. The molecule has 0 aromatic rings. The van der Waals surface area contributed by atoms with E-state index in [-0.39, 0.29) is 0 Å². The van der Waals surface area contributed by atoms with Crippen molar-refractivity contribution in [3.05, 3.63) is 0 Å². The Morgan fingerprint density at radius 2 is 1.73 bits per heavy atom. The Labute approximate surface area is 76.3 Å². The summed E-state index contributed by atoms with van der Waals surface area (Å²) in [6.07, 6.45) is 2.38. The van der Waals surface area contributed by atoms with E-state index in [9.17, 15) is 0 Å². The van der Waals surface area contributed by atoms with Crippen molar-refractivity contribution in [1.82, 2.24) is 5.32 Å². The number of hydrogen-bond acceptors (Lipinski definition) is 3. The number of nitrogens with one attached hydrogen (secondary N) is 1. The lowest BCUT2D eigenvalue weighted by atomic mass is 10.5. The quantitative estimate of drug-likeness (QED) is 0.438. The summed E-state index contributed by atoms with van der Waals surface area (Å²) in [6.45, 7) is 7.04. The van der Waals surface area contributed by atoms with Crippen molar-refractivity contribution in [1.29, 1.82) is 0 Å². The van der Waals surface area contributed by atoms with Gasteiger partial charge in [0.05, 0.1) is 0 Å². The van der Waals surface area contributed by atoms with Gasteiger partial charge in [-0.2, -0.15) is 12.6 Å². The van der Waals surface area contributed by atoms with E-state index in [1.54, 1.807) is 0 Å². The zero-order valence-electron chi connectivity index (χ0n) is 7.77. The normalized spacial score (nSPS) is 8.73. The highest BCUT2D eigenvalue weighted by molar-refractivity contribution is 7.80. The fourth-order valence-corrected chi connectivity index (χ4v) is 0.404. The maximum Gasteiger partial charge on any atom is 0.00744 e. The van der Waals surface area contributed by atoms with Gasteiger partial charge in [-0.25, -0.2) is 0 Å². The maximum atomic E-state index is 5.21. The van der Waals surface area contributed by atoms with Crippen molar-refractivity contribution in [2.45, 2.75) is 26.7 Å². The van der Waals surface area contributed by atoms with Crippen molar-refractivity contribution in [2.24, 2.45) is 5.73 Å². The summed E-state index contributed by atoms with van der Waals surface area (Å²) < 4.78 is 0. The Hall–Kier alpha value is 0.270. The van der Waals surface area contributed by atoms with Gasteiger partial charge in [-0.15, -0.1) is 0 Å². The molecule has 0 aromatic heterocycles. The van der Waals surface area contributed by atoms with Crippen LogP contribution in [-0.2, 0) is 0 Å². The third-order valence-electron chi connectivity index (χ3n) is 0.971. The highest BCUT2D eigenvalue weighted by Crippen LogP contribution is 1.74. The first-order valence-corrected chi connectivity index (χ1v) is 4.98. The van der Waals surface area contributed by atoms with Crippen LogP contribution in [0.2, 0.25) is 0 Å². The van der Waals surface area contributed by atoms with Crippen LogP contribution < -0.4 is 11.1 Å². The number of rotatable bonds is 5. The van der Waals surface area contributed by atoms with Crippen LogP contribution in [0.25, 0.3) is 0 Å². The molecular weight excluding hydrogens is 156 g/mol. The lowest BCUT2D eigenvalue weighted by Gasteiger charge is -1.95. The Bertz CT molecular complexity index is 45.4. The Morgan fingerprint density at radius 1 is 1.18 bits per heavy atom. The summed E-state index contributed by atoms with van der Waals surface area (Å²) in [5, 5.41) is 3.16. The molecule has 0 fully saturated rings. The average Bonchev–Trinajstić information content (AvgIpc) is 2.06. The van der Waals surface area contributed by atoms with Gasteiger partial charge in [-0.1, -0.05) is 13.8 Å². The molecule has 3 N–H and O–H groups in total. The molecule has 0 saturated carbocycles. The van der Waals surface area contributed by atoms with Gasteiger partial charge < -0.3 is 11.1 Å².